The molecule has 2 aromatic carbocycles. The van der Waals surface area contributed by atoms with Crippen molar-refractivity contribution < 1.29 is 14.3 Å². The molecule has 0 bridgehead atoms. The van der Waals surface area contributed by atoms with Crippen molar-refractivity contribution in [2.24, 2.45) is 0 Å². The minimum Gasteiger partial charge on any atom is -0.493 e. The molecule has 1 aromatic heterocycles. The van der Waals surface area contributed by atoms with Gasteiger partial charge in [0.2, 0.25) is 5.91 Å². The molecular formula is C22H23NO3S. The number of hydrogen-bond donors (Lipinski definition) is 1. The van der Waals surface area contributed by atoms with Gasteiger partial charge < -0.3 is 14.8 Å². The van der Waals surface area contributed by atoms with Crippen LogP contribution in [0.2, 0.25) is 0 Å². The van der Waals surface area contributed by atoms with Crippen LogP contribution in [0.4, 0.5) is 0 Å². The van der Waals surface area contributed by atoms with Crippen LogP contribution in [-0.4, -0.2) is 13.0 Å². The molecule has 0 radical (unpaired) electrons. The molecule has 0 saturated carbocycles. The van der Waals surface area contributed by atoms with Crippen LogP contribution in [0, 0.1) is 0 Å². The van der Waals surface area contributed by atoms with E-state index in [9.17, 15) is 4.79 Å². The molecule has 3 rings (SSSR count). The standard InChI is InChI=1S/C22H23NO3S/c1-25-20-8-2-3-9-21(20)26-18-13-11-17(12-14-18)16-23-22(24)10-4-6-19-7-5-15-27-19/h2-3,5,7-9,11-15H,4,6,10,16H2,1H3,(H,23,24). The lowest BCUT2D eigenvalue weighted by atomic mass is 10.2. The molecule has 5 heteroatoms. The van der Waals surface area contributed by atoms with Crippen LogP contribution in [0.1, 0.15) is 23.3 Å². The normalized spacial score (nSPS) is 10.4. The van der Waals surface area contributed by atoms with Crippen molar-refractivity contribution in [2.45, 2.75) is 25.8 Å². The lowest BCUT2D eigenvalue weighted by Gasteiger charge is -2.10. The number of carbonyl (C=O) groups is 1. The Morgan fingerprint density at radius 2 is 1.78 bits per heavy atom. The summed E-state index contributed by atoms with van der Waals surface area (Å²) in [6.07, 6.45) is 2.38. The summed E-state index contributed by atoms with van der Waals surface area (Å²) in [7, 11) is 1.62. The summed E-state index contributed by atoms with van der Waals surface area (Å²) >= 11 is 1.74. The highest BCUT2D eigenvalue weighted by atomic mass is 32.1. The van der Waals surface area contributed by atoms with E-state index in [1.54, 1.807) is 18.4 Å². The highest BCUT2D eigenvalue weighted by molar-refractivity contribution is 7.09. The Hall–Kier alpha value is -2.79. The molecule has 1 N–H and O–H groups in total. The molecule has 0 unspecified atom stereocenters. The van der Waals surface area contributed by atoms with Crippen molar-refractivity contribution in [3.63, 3.8) is 0 Å². The number of carbonyl (C=O) groups excluding carboxylic acids is 1. The van der Waals surface area contributed by atoms with Gasteiger partial charge in [0.25, 0.3) is 0 Å². The summed E-state index contributed by atoms with van der Waals surface area (Å²) < 4.78 is 11.1. The fraction of sp³-hybridized carbons (Fsp3) is 0.227. The summed E-state index contributed by atoms with van der Waals surface area (Å²) in [6.45, 7) is 0.521. The number of hydrogen-bond acceptors (Lipinski definition) is 4. The first-order valence-electron chi connectivity index (χ1n) is 8.93. The molecule has 0 aliphatic carbocycles. The third-order valence-corrected chi connectivity index (χ3v) is 5.05. The van der Waals surface area contributed by atoms with Crippen LogP contribution >= 0.6 is 11.3 Å². The third-order valence-electron chi connectivity index (χ3n) is 4.12. The van der Waals surface area contributed by atoms with Gasteiger partial charge in [-0.15, -0.1) is 11.3 Å². The Labute approximate surface area is 163 Å². The van der Waals surface area contributed by atoms with Gasteiger partial charge in [-0.25, -0.2) is 0 Å². The number of methoxy groups -OCH3 is 1. The van der Waals surface area contributed by atoms with Crippen molar-refractivity contribution >= 4 is 17.2 Å². The van der Waals surface area contributed by atoms with Crippen LogP contribution < -0.4 is 14.8 Å². The first-order valence-corrected chi connectivity index (χ1v) is 9.81. The van der Waals surface area contributed by atoms with Gasteiger partial charge in [0.1, 0.15) is 5.75 Å². The number of ether oxygens (including phenoxy) is 2. The second kappa shape index (κ2) is 9.78. The minimum absolute atomic E-state index is 0.0842. The highest BCUT2D eigenvalue weighted by Gasteiger charge is 2.05. The van der Waals surface area contributed by atoms with E-state index in [4.69, 9.17) is 9.47 Å². The average Bonchev–Trinajstić information content (AvgIpc) is 3.21. The van der Waals surface area contributed by atoms with Gasteiger partial charge in [0, 0.05) is 17.8 Å². The lowest BCUT2D eigenvalue weighted by molar-refractivity contribution is -0.121. The molecule has 0 spiro atoms. The maximum atomic E-state index is 12.0. The van der Waals surface area contributed by atoms with Crippen LogP contribution in [0.15, 0.2) is 66.0 Å². The van der Waals surface area contributed by atoms with E-state index in [1.807, 2.05) is 54.6 Å². The lowest BCUT2D eigenvalue weighted by Crippen LogP contribution is -2.22. The zero-order valence-corrected chi connectivity index (χ0v) is 16.1. The number of amides is 1. The molecule has 1 amide bonds. The second-order valence-electron chi connectivity index (χ2n) is 6.11. The van der Waals surface area contributed by atoms with E-state index in [2.05, 4.69) is 16.8 Å². The molecule has 0 aliphatic heterocycles. The smallest absolute Gasteiger partial charge is 0.220 e. The van der Waals surface area contributed by atoms with Crippen LogP contribution in [0.5, 0.6) is 17.2 Å². The van der Waals surface area contributed by atoms with E-state index in [0.29, 0.717) is 24.5 Å². The largest absolute Gasteiger partial charge is 0.493 e. The number of para-hydroxylation sites is 2. The molecule has 0 aliphatic rings. The maximum absolute atomic E-state index is 12.0. The molecule has 4 nitrogen and oxygen atoms in total. The number of aryl methyl sites for hydroxylation is 1. The third kappa shape index (κ3) is 5.86. The van der Waals surface area contributed by atoms with Gasteiger partial charge in [-0.2, -0.15) is 0 Å². The highest BCUT2D eigenvalue weighted by Crippen LogP contribution is 2.30. The predicted molar refractivity (Wildman–Crippen MR) is 109 cm³/mol. The fourth-order valence-corrected chi connectivity index (χ4v) is 3.42. The zero-order chi connectivity index (χ0) is 18.9. The first kappa shape index (κ1) is 19.0. The monoisotopic (exact) mass is 381 g/mol. The van der Waals surface area contributed by atoms with E-state index in [1.165, 1.54) is 4.88 Å². The van der Waals surface area contributed by atoms with E-state index >= 15 is 0 Å². The Morgan fingerprint density at radius 1 is 1.00 bits per heavy atom. The van der Waals surface area contributed by atoms with Gasteiger partial charge in [0.05, 0.1) is 7.11 Å². The Bertz CT molecular complexity index is 844. The summed E-state index contributed by atoms with van der Waals surface area (Å²) in [5, 5.41) is 5.04. The van der Waals surface area contributed by atoms with Gasteiger partial charge in [-0.1, -0.05) is 30.3 Å². The topological polar surface area (TPSA) is 47.6 Å². The number of rotatable bonds is 9. The SMILES string of the molecule is COc1ccccc1Oc1ccc(CNC(=O)CCCc2cccs2)cc1. The van der Waals surface area contributed by atoms with Crippen LogP contribution in [-0.2, 0) is 17.8 Å². The zero-order valence-electron chi connectivity index (χ0n) is 15.3. The molecular weight excluding hydrogens is 358 g/mol. The Morgan fingerprint density at radius 3 is 2.48 bits per heavy atom. The number of nitrogens with one attached hydrogen (secondary N) is 1. The fourth-order valence-electron chi connectivity index (χ4n) is 2.67. The van der Waals surface area contributed by atoms with Crippen molar-refractivity contribution in [3.05, 3.63) is 76.5 Å². The minimum atomic E-state index is 0.0842. The van der Waals surface area contributed by atoms with E-state index in [-0.39, 0.29) is 5.91 Å². The summed E-state index contributed by atoms with van der Waals surface area (Å²) in [5.74, 6) is 2.18. The van der Waals surface area contributed by atoms with Crippen LogP contribution in [0.3, 0.4) is 0 Å². The molecule has 27 heavy (non-hydrogen) atoms. The van der Waals surface area contributed by atoms with Gasteiger partial charge >= 0.3 is 0 Å². The molecule has 140 valence electrons. The average molecular weight is 381 g/mol. The van der Waals surface area contributed by atoms with Gasteiger partial charge in [-0.05, 0) is 54.1 Å². The van der Waals surface area contributed by atoms with Crippen molar-refractivity contribution in [1.82, 2.24) is 5.32 Å². The predicted octanol–water partition coefficient (Wildman–Crippen LogP) is 5.19. The molecule has 0 saturated heterocycles. The maximum Gasteiger partial charge on any atom is 0.220 e. The van der Waals surface area contributed by atoms with Gasteiger partial charge in [0.15, 0.2) is 11.5 Å². The number of thiophene rings is 1. The Kier molecular flexibility index (Phi) is 6.88. The summed E-state index contributed by atoms with van der Waals surface area (Å²) in [4.78, 5) is 13.3. The Balaban J connectivity index is 1.44. The molecule has 3 aromatic rings. The number of benzene rings is 2. The first-order chi connectivity index (χ1) is 13.2. The quantitative estimate of drug-likeness (QED) is 0.555. The van der Waals surface area contributed by atoms with Crippen molar-refractivity contribution in [1.29, 1.82) is 0 Å². The van der Waals surface area contributed by atoms with E-state index < -0.39 is 0 Å². The van der Waals surface area contributed by atoms with Crippen molar-refractivity contribution in [2.75, 3.05) is 7.11 Å². The molecule has 0 atom stereocenters. The molecule has 0 fully saturated rings. The van der Waals surface area contributed by atoms with E-state index in [0.717, 1.165) is 24.2 Å². The summed E-state index contributed by atoms with van der Waals surface area (Å²) in [5.41, 5.74) is 1.04. The molecule has 1 heterocycles. The second-order valence-corrected chi connectivity index (χ2v) is 7.14. The van der Waals surface area contributed by atoms with Gasteiger partial charge in [-0.3, -0.25) is 4.79 Å². The van der Waals surface area contributed by atoms with Crippen LogP contribution in [0.25, 0.3) is 0 Å². The van der Waals surface area contributed by atoms with Crippen molar-refractivity contribution in [3.8, 4) is 17.2 Å². The summed E-state index contributed by atoms with van der Waals surface area (Å²) in [6, 6.07) is 19.4.